The topological polar surface area (TPSA) is 269 Å². The quantitative estimate of drug-likeness (QED) is 0.0306. The van der Waals surface area contributed by atoms with E-state index in [0.717, 1.165) is 209 Å². The van der Waals surface area contributed by atoms with Crippen molar-refractivity contribution in [1.82, 2.24) is 20.4 Å². The zero-order valence-corrected chi connectivity index (χ0v) is 70.2. The molecule has 3 spiro atoms. The van der Waals surface area contributed by atoms with Crippen LogP contribution in [0.25, 0.3) is 29.1 Å². The average molecular weight is 1680 g/mol. The van der Waals surface area contributed by atoms with Crippen molar-refractivity contribution in [3.05, 3.63) is 249 Å². The monoisotopic (exact) mass is 1670 g/mol. The Hall–Kier alpha value is -12.0. The fourth-order valence-electron chi connectivity index (χ4n) is 15.7. The first-order chi connectivity index (χ1) is 58.4. The summed E-state index contributed by atoms with van der Waals surface area (Å²) in [5, 5.41) is 42.8. The van der Waals surface area contributed by atoms with Gasteiger partial charge in [0, 0.05) is 182 Å². The number of carbonyl (C=O) groups excluding carboxylic acids is 3. The second-order valence-electron chi connectivity index (χ2n) is 31.9. The number of amides is 2. The van der Waals surface area contributed by atoms with Gasteiger partial charge in [-0.3, -0.25) is 10.2 Å². The molecule has 2 amide bonds. The van der Waals surface area contributed by atoms with Crippen LogP contribution in [0.5, 0.6) is 0 Å². The van der Waals surface area contributed by atoms with Crippen molar-refractivity contribution in [1.29, 1.82) is 5.41 Å². The number of aliphatic hydroxyl groups excluding tert-OH is 2. The average Bonchev–Trinajstić information content (AvgIpc) is 1.64. The Morgan fingerprint density at radius 1 is 0.451 bits per heavy atom. The largest absolute Gasteiger partial charge is 0.441 e. The highest BCUT2D eigenvalue weighted by Gasteiger charge is 2.48. The van der Waals surface area contributed by atoms with Crippen molar-refractivity contribution in [2.24, 2.45) is 5.73 Å². The normalized spacial score (nSPS) is 18.8. The fraction of sp³-hybridized carbons (Fsp3) is 0.447. The van der Waals surface area contributed by atoms with Crippen molar-refractivity contribution >= 4 is 104 Å². The lowest BCUT2D eigenvalue weighted by molar-refractivity contribution is -0.119. The second kappa shape index (κ2) is 45.6. The number of aliphatic hydroxyl groups is 3. The number of hydrogen-bond acceptors (Lipinski definition) is 18. The molecule has 17 rings (SSSR count). The van der Waals surface area contributed by atoms with E-state index in [4.69, 9.17) is 81.5 Å². The summed E-state index contributed by atoms with van der Waals surface area (Å²) in [5.41, 5.74) is 16.1. The first kappa shape index (κ1) is 93.9. The van der Waals surface area contributed by atoms with E-state index in [1.54, 1.807) is 48.2 Å². The van der Waals surface area contributed by atoms with Crippen molar-refractivity contribution in [3.8, 4) is 0 Å². The van der Waals surface area contributed by atoms with E-state index in [1.165, 1.54) is 5.69 Å². The number of nitrogens with one attached hydrogen (secondary N) is 3. The number of anilines is 6. The van der Waals surface area contributed by atoms with Gasteiger partial charge in [0.25, 0.3) is 0 Å². The smallest absolute Gasteiger partial charge is 0.410 e. The van der Waals surface area contributed by atoms with Gasteiger partial charge in [-0.05, 0) is 156 Å². The fourth-order valence-corrected chi connectivity index (χ4v) is 15.8. The predicted molar refractivity (Wildman–Crippen MR) is 484 cm³/mol. The molecule has 0 atom stereocenters. The Morgan fingerprint density at radius 3 is 0.984 bits per heavy atom. The van der Waals surface area contributed by atoms with E-state index in [9.17, 15) is 24.6 Å². The Kier molecular flexibility index (Phi) is 35.1. The van der Waals surface area contributed by atoms with Crippen molar-refractivity contribution in [2.75, 3.05) is 168 Å². The molecule has 0 aromatic heterocycles. The molecule has 8 N–H and O–H groups in total. The van der Waals surface area contributed by atoms with E-state index in [1.807, 2.05) is 153 Å². The van der Waals surface area contributed by atoms with Crippen LogP contribution in [-0.4, -0.2) is 223 Å². The molecule has 0 unspecified atom stereocenters. The van der Waals surface area contributed by atoms with Gasteiger partial charge >= 0.3 is 12.2 Å². The van der Waals surface area contributed by atoms with Gasteiger partial charge in [-0.25, -0.2) is 38.7 Å². The number of nitrogens with two attached hydrogens (primary N) is 1. The number of nitrogens with zero attached hydrogens (tertiary/aromatic N) is 14. The Morgan fingerprint density at radius 2 is 0.721 bits per heavy atom. The van der Waals surface area contributed by atoms with Gasteiger partial charge in [0.1, 0.15) is 22.8 Å². The molecule has 10 fully saturated rings. The third kappa shape index (κ3) is 27.8. The molecule has 27 nitrogen and oxygen atoms in total. The lowest BCUT2D eigenvalue weighted by atomic mass is 9.91. The standard InChI is InChI=1S/C15H20N4O2.C15H17N3O2.C14H19N3O.C13H14N2O.C12H14N2O.C12H12N2O.C7H4ClN.C5H11NO.CH4/c1-18-10-15(21-14(18)20)6-8-19(9-7-15)12-4-2-11(3-5-12)13(16)17;1-16-12-3-5-13(6-4-12)18-9-7-15(8-10-18)11-17(2)14(19)20-15;1-15-11-14(18)7-9-17(10-8-14)13-5-3-12(16-2)4-6-13;1-14-11-2-4-12(5-3-11)15-8-6-13(7-9-15)10-16-13;2*1-13-10-2-4-11(5-3-10)14-8-6-12(15)7-9-14;1-9-7-4-2-6(8)3-5-7;7-5-1-3-6-4-2-5;/h2-5H,6-10H2,1H3,(H3,16,17);3-6H,7-11H2,2H3;3-6,15,18H,7-11H2,1H3;2-5H,6-10H2;2-5,12,15H,6-9H2;2-5H,6-9H2;2-5H;5-7H,1-4H2;1H4. The van der Waals surface area contributed by atoms with Gasteiger partial charge in [-0.1, -0.05) is 104 Å². The number of benzene rings is 7. The molecule has 642 valence electrons. The van der Waals surface area contributed by atoms with Crippen LogP contribution in [-0.2, 0) is 19.0 Å². The van der Waals surface area contributed by atoms with Crippen LogP contribution in [0.15, 0.2) is 170 Å². The highest BCUT2D eigenvalue weighted by atomic mass is 35.5. The Labute approximate surface area is 724 Å². The molecule has 10 heterocycles. The van der Waals surface area contributed by atoms with Crippen LogP contribution in [0.2, 0.25) is 5.02 Å². The maximum Gasteiger partial charge on any atom is 0.410 e. The second-order valence-corrected chi connectivity index (χ2v) is 32.3. The van der Waals surface area contributed by atoms with Gasteiger partial charge in [0.05, 0.1) is 82.5 Å². The molecule has 10 aliphatic rings. The molecular weight excluding hydrogens is 1560 g/mol. The molecule has 10 aliphatic heterocycles. The Bertz CT molecular complexity index is 4750. The first-order valence-electron chi connectivity index (χ1n) is 41.3. The number of piperidine rings is 7. The van der Waals surface area contributed by atoms with Crippen LogP contribution in [0.1, 0.15) is 103 Å². The maximum atomic E-state index is 11.6. The summed E-state index contributed by atoms with van der Waals surface area (Å²) in [7, 11) is 5.43. The van der Waals surface area contributed by atoms with Crippen LogP contribution in [0.3, 0.4) is 0 Å². The molecule has 0 bridgehead atoms. The van der Waals surface area contributed by atoms with Crippen LogP contribution in [0, 0.1) is 44.8 Å². The lowest BCUT2D eigenvalue weighted by Gasteiger charge is -2.39. The number of epoxide rings is 1. The summed E-state index contributed by atoms with van der Waals surface area (Å²) in [6, 6.07) is 52.8. The molecule has 28 heteroatoms. The first-order valence-corrected chi connectivity index (χ1v) is 41.7. The minimum Gasteiger partial charge on any atom is -0.441 e. The van der Waals surface area contributed by atoms with Gasteiger partial charge in [0.2, 0.25) is 0 Å². The Balaban J connectivity index is 0.000000161. The number of nitrogen functional groups attached to an aromatic ring is 1. The zero-order chi connectivity index (χ0) is 86.4. The molecule has 0 aliphatic carbocycles. The number of Topliss-reactive ketones (excluding diaryl/α,β-unsaturated/α-hetero) is 1. The number of hydrogen-bond donors (Lipinski definition) is 7. The number of carbonyl (C=O) groups is 3. The predicted octanol–water partition coefficient (Wildman–Crippen LogP) is 16.3. The summed E-state index contributed by atoms with van der Waals surface area (Å²) in [6.45, 7) is 56.8. The van der Waals surface area contributed by atoms with Crippen molar-refractivity contribution < 1.29 is 43.9 Å². The van der Waals surface area contributed by atoms with Gasteiger partial charge in [-0.2, -0.15) is 0 Å². The third-order valence-corrected chi connectivity index (χ3v) is 23.6. The van der Waals surface area contributed by atoms with Crippen molar-refractivity contribution in [2.45, 2.75) is 132 Å². The van der Waals surface area contributed by atoms with Crippen LogP contribution >= 0.6 is 11.6 Å². The molecule has 0 saturated carbocycles. The van der Waals surface area contributed by atoms with Gasteiger partial charge in [-0.15, -0.1) is 0 Å². The summed E-state index contributed by atoms with van der Waals surface area (Å²) in [4.78, 5) is 71.2. The highest BCUT2D eigenvalue weighted by Crippen LogP contribution is 2.41. The lowest BCUT2D eigenvalue weighted by Crippen LogP contribution is -2.49. The number of rotatable bonds is 9. The number of halogens is 1. The summed E-state index contributed by atoms with van der Waals surface area (Å²) in [6.07, 6.45) is 11.5. The number of amidine groups is 1. The molecular formula is C94H115ClN18O9. The van der Waals surface area contributed by atoms with Gasteiger partial charge in [0.15, 0.2) is 34.1 Å². The van der Waals surface area contributed by atoms with E-state index in [0.29, 0.717) is 77.4 Å². The van der Waals surface area contributed by atoms with E-state index in [2.05, 4.69) is 69.1 Å². The van der Waals surface area contributed by atoms with Crippen LogP contribution < -0.4 is 45.8 Å². The van der Waals surface area contributed by atoms with E-state index in [-0.39, 0.29) is 54.5 Å². The molecule has 7 aromatic rings. The minimum atomic E-state index is -0.568. The SMILES string of the molecule is C.CN1CC2(CCN(c3ccc(C(=N)N)cc3)CC2)OC1=O.OC1CCNCC1.[C-]#[N+]c1ccc(Cl)cc1.[C-]#[N+]c1ccc(N2CCC(=O)CC2)cc1.[C-]#[N+]c1ccc(N2CCC(O)(CNC)CC2)cc1.[C-]#[N+]c1ccc(N2CCC(O)CC2)cc1.[C-]#[N+]c1ccc(N2CCC3(CC2)CN(C)C(=O)O3)cc1.[C-]#[N+]c1ccc(N2CCC3(CC2)CO3)cc1. The van der Waals surface area contributed by atoms with Crippen molar-refractivity contribution in [3.63, 3.8) is 0 Å². The molecule has 7 aromatic carbocycles. The summed E-state index contributed by atoms with van der Waals surface area (Å²) in [5.74, 6) is 0.434. The third-order valence-electron chi connectivity index (χ3n) is 23.4. The zero-order valence-electron chi connectivity index (χ0n) is 69.5. The number of ether oxygens (including phenoxy) is 3. The molecule has 10 saturated heterocycles. The number of ketones is 1. The highest BCUT2D eigenvalue weighted by molar-refractivity contribution is 6.30. The van der Waals surface area contributed by atoms with Gasteiger partial charge < -0.3 is 85.1 Å². The minimum absolute atomic E-state index is 0. The van der Waals surface area contributed by atoms with E-state index >= 15 is 0 Å². The van der Waals surface area contributed by atoms with E-state index < -0.39 is 5.60 Å². The summed E-state index contributed by atoms with van der Waals surface area (Å²) >= 11 is 5.57. The number of likely N-dealkylation sites (N-methyl/N-ethyl adjacent to an activating group) is 3. The molecule has 0 radical (unpaired) electrons. The maximum absolute atomic E-state index is 11.6. The summed E-state index contributed by atoms with van der Waals surface area (Å²) < 4.78 is 16.6. The molecule has 122 heavy (non-hydrogen) atoms. The van der Waals surface area contributed by atoms with Crippen LogP contribution in [0.4, 0.5) is 77.8 Å².